The van der Waals surface area contributed by atoms with E-state index in [9.17, 15) is 4.39 Å². The second-order valence-corrected chi connectivity index (χ2v) is 6.40. The third-order valence-electron chi connectivity index (χ3n) is 3.11. The van der Waals surface area contributed by atoms with Crippen LogP contribution in [0.2, 0.25) is 0 Å². The lowest BCUT2D eigenvalue weighted by atomic mass is 10.1. The molecule has 2 N–H and O–H groups in total. The quantitative estimate of drug-likeness (QED) is 0.842. The molecule has 114 valence electrons. The summed E-state index contributed by atoms with van der Waals surface area (Å²) in [5.74, 6) is -0.236. The fourth-order valence-electron chi connectivity index (χ4n) is 2.03. The van der Waals surface area contributed by atoms with Gasteiger partial charge in [-0.15, -0.1) is 0 Å². The van der Waals surface area contributed by atoms with Gasteiger partial charge in [0.2, 0.25) is 0 Å². The van der Waals surface area contributed by atoms with Gasteiger partial charge in [0.05, 0.1) is 12.3 Å². The molecule has 20 heavy (non-hydrogen) atoms. The first-order chi connectivity index (χ1) is 9.24. The maximum Gasteiger partial charge on any atom is 0.146 e. The molecule has 1 aromatic carbocycles. The van der Waals surface area contributed by atoms with Crippen LogP contribution in [0.1, 0.15) is 40.2 Å². The van der Waals surface area contributed by atoms with E-state index in [4.69, 9.17) is 5.11 Å². The zero-order valence-corrected chi connectivity index (χ0v) is 13.2. The maximum atomic E-state index is 14.3. The molecule has 0 saturated carbocycles. The highest BCUT2D eigenvalue weighted by atomic mass is 19.1. The number of nitrogens with zero attached hydrogens (tertiary/aromatic N) is 1. The summed E-state index contributed by atoms with van der Waals surface area (Å²) in [6, 6.07) is 5.45. The normalized spacial score (nSPS) is 12.0. The molecule has 0 spiro atoms. The molecule has 0 fully saturated rings. The minimum Gasteiger partial charge on any atom is -0.395 e. The highest BCUT2D eigenvalue weighted by Crippen LogP contribution is 2.22. The van der Waals surface area contributed by atoms with Crippen molar-refractivity contribution in [3.63, 3.8) is 0 Å². The number of nitrogens with one attached hydrogen (secondary N) is 1. The van der Waals surface area contributed by atoms with E-state index in [1.165, 1.54) is 0 Å². The van der Waals surface area contributed by atoms with Gasteiger partial charge in [0.25, 0.3) is 0 Å². The average molecular weight is 282 g/mol. The first kappa shape index (κ1) is 16.9. The number of aliphatic hydroxyl groups is 1. The molecular formula is C16H27FN2O. The van der Waals surface area contributed by atoms with Crippen molar-refractivity contribution in [2.75, 3.05) is 18.1 Å². The summed E-state index contributed by atoms with van der Waals surface area (Å²) in [6.07, 6.45) is 0. The number of benzene rings is 1. The standard InChI is InChI=1S/C16H27FN2O/c1-12(2)19(8-9-20)15-7-6-13(10-14(15)17)11-18-16(3,4)5/h6-7,10,12,18,20H,8-9,11H2,1-5H3. The molecule has 0 bridgehead atoms. The zero-order chi connectivity index (χ0) is 15.3. The summed E-state index contributed by atoms with van der Waals surface area (Å²) in [5, 5.41) is 12.4. The number of aliphatic hydroxyl groups excluding tert-OH is 1. The van der Waals surface area contributed by atoms with Crippen LogP contribution < -0.4 is 10.2 Å². The third kappa shape index (κ3) is 5.10. The number of anilines is 1. The Labute approximate surface area is 121 Å². The van der Waals surface area contributed by atoms with Crippen molar-refractivity contribution in [3.8, 4) is 0 Å². The summed E-state index contributed by atoms with van der Waals surface area (Å²) < 4.78 is 14.3. The van der Waals surface area contributed by atoms with Crippen molar-refractivity contribution in [3.05, 3.63) is 29.6 Å². The van der Waals surface area contributed by atoms with E-state index >= 15 is 0 Å². The SMILES string of the molecule is CC(C)N(CCO)c1ccc(CNC(C)(C)C)cc1F. The van der Waals surface area contributed by atoms with E-state index in [-0.39, 0.29) is 24.0 Å². The van der Waals surface area contributed by atoms with E-state index < -0.39 is 0 Å². The molecule has 0 radical (unpaired) electrons. The van der Waals surface area contributed by atoms with Gasteiger partial charge in [0, 0.05) is 24.7 Å². The third-order valence-corrected chi connectivity index (χ3v) is 3.11. The summed E-state index contributed by atoms with van der Waals surface area (Å²) in [4.78, 5) is 1.87. The van der Waals surface area contributed by atoms with Crippen LogP contribution in [0, 0.1) is 5.82 Å². The summed E-state index contributed by atoms with van der Waals surface area (Å²) in [5.41, 5.74) is 1.48. The fraction of sp³-hybridized carbons (Fsp3) is 0.625. The predicted octanol–water partition coefficient (Wildman–Crippen LogP) is 2.92. The summed E-state index contributed by atoms with van der Waals surface area (Å²) in [7, 11) is 0. The lowest BCUT2D eigenvalue weighted by Crippen LogP contribution is -2.35. The largest absolute Gasteiger partial charge is 0.395 e. The highest BCUT2D eigenvalue weighted by molar-refractivity contribution is 5.50. The molecule has 0 saturated heterocycles. The smallest absolute Gasteiger partial charge is 0.146 e. The van der Waals surface area contributed by atoms with Crippen LogP contribution in [0.4, 0.5) is 10.1 Å². The van der Waals surface area contributed by atoms with Crippen molar-refractivity contribution in [1.82, 2.24) is 5.32 Å². The Morgan fingerprint density at radius 2 is 1.95 bits per heavy atom. The van der Waals surface area contributed by atoms with Crippen LogP contribution >= 0.6 is 0 Å². The molecule has 0 aromatic heterocycles. The molecule has 0 aliphatic heterocycles. The van der Waals surface area contributed by atoms with Gasteiger partial charge < -0.3 is 15.3 Å². The number of rotatable bonds is 6. The van der Waals surface area contributed by atoms with Crippen LogP contribution in [0.3, 0.4) is 0 Å². The van der Waals surface area contributed by atoms with Gasteiger partial charge in [-0.2, -0.15) is 0 Å². The van der Waals surface area contributed by atoms with Crippen molar-refractivity contribution in [2.24, 2.45) is 0 Å². The first-order valence-corrected chi connectivity index (χ1v) is 7.15. The van der Waals surface area contributed by atoms with Crippen LogP contribution in [0.15, 0.2) is 18.2 Å². The number of hydrogen-bond donors (Lipinski definition) is 2. The second kappa shape index (κ2) is 7.04. The van der Waals surface area contributed by atoms with Crippen molar-refractivity contribution < 1.29 is 9.50 Å². The van der Waals surface area contributed by atoms with Gasteiger partial charge in [-0.3, -0.25) is 0 Å². The molecule has 0 unspecified atom stereocenters. The van der Waals surface area contributed by atoms with E-state index in [2.05, 4.69) is 26.1 Å². The van der Waals surface area contributed by atoms with Gasteiger partial charge in [-0.25, -0.2) is 4.39 Å². The summed E-state index contributed by atoms with van der Waals surface area (Å²) in [6.45, 7) is 11.3. The minimum atomic E-state index is -0.236. The molecule has 3 nitrogen and oxygen atoms in total. The number of hydrogen-bond acceptors (Lipinski definition) is 3. The zero-order valence-electron chi connectivity index (χ0n) is 13.2. The van der Waals surface area contributed by atoms with Gasteiger partial charge >= 0.3 is 0 Å². The average Bonchev–Trinajstić information content (AvgIpc) is 2.33. The molecule has 1 rings (SSSR count). The first-order valence-electron chi connectivity index (χ1n) is 7.15. The second-order valence-electron chi connectivity index (χ2n) is 6.40. The molecular weight excluding hydrogens is 255 g/mol. The molecule has 0 heterocycles. The van der Waals surface area contributed by atoms with Crippen LogP contribution in [0.25, 0.3) is 0 Å². The topological polar surface area (TPSA) is 35.5 Å². The van der Waals surface area contributed by atoms with Crippen molar-refractivity contribution in [2.45, 2.75) is 52.7 Å². The lowest BCUT2D eigenvalue weighted by Gasteiger charge is -2.29. The fourth-order valence-corrected chi connectivity index (χ4v) is 2.03. The van der Waals surface area contributed by atoms with Crippen LogP contribution in [-0.4, -0.2) is 29.8 Å². The molecule has 0 aliphatic carbocycles. The lowest BCUT2D eigenvalue weighted by molar-refractivity contribution is 0.298. The molecule has 4 heteroatoms. The van der Waals surface area contributed by atoms with E-state index in [0.29, 0.717) is 18.8 Å². The summed E-state index contributed by atoms with van der Waals surface area (Å²) >= 11 is 0. The van der Waals surface area contributed by atoms with E-state index in [1.807, 2.05) is 24.8 Å². The van der Waals surface area contributed by atoms with E-state index in [1.54, 1.807) is 12.1 Å². The Balaban J connectivity index is 2.86. The van der Waals surface area contributed by atoms with Crippen molar-refractivity contribution >= 4 is 5.69 Å². The monoisotopic (exact) mass is 282 g/mol. The van der Waals surface area contributed by atoms with Gasteiger partial charge in [0.1, 0.15) is 5.82 Å². The number of halogens is 1. The Hall–Kier alpha value is -1.13. The van der Waals surface area contributed by atoms with Crippen molar-refractivity contribution in [1.29, 1.82) is 0 Å². The minimum absolute atomic E-state index is 0.00992. The Morgan fingerprint density at radius 3 is 2.40 bits per heavy atom. The Morgan fingerprint density at radius 1 is 1.30 bits per heavy atom. The van der Waals surface area contributed by atoms with Crippen LogP contribution in [0.5, 0.6) is 0 Å². The van der Waals surface area contributed by atoms with E-state index in [0.717, 1.165) is 5.56 Å². The predicted molar refractivity (Wildman–Crippen MR) is 82.6 cm³/mol. The van der Waals surface area contributed by atoms with Gasteiger partial charge in [-0.1, -0.05) is 6.07 Å². The Kier molecular flexibility index (Phi) is 5.96. The maximum absolute atomic E-state index is 14.3. The van der Waals surface area contributed by atoms with Gasteiger partial charge in [0.15, 0.2) is 0 Å². The van der Waals surface area contributed by atoms with Gasteiger partial charge in [-0.05, 0) is 52.3 Å². The molecule has 0 amide bonds. The molecule has 0 aliphatic rings. The highest BCUT2D eigenvalue weighted by Gasteiger charge is 2.15. The molecule has 0 atom stereocenters. The van der Waals surface area contributed by atoms with Crippen LogP contribution in [-0.2, 0) is 6.54 Å². The Bertz CT molecular complexity index is 427. The molecule has 1 aromatic rings.